The summed E-state index contributed by atoms with van der Waals surface area (Å²) in [5.41, 5.74) is 0.321. The van der Waals surface area contributed by atoms with Gasteiger partial charge in [-0.1, -0.05) is 6.07 Å². The summed E-state index contributed by atoms with van der Waals surface area (Å²) in [4.78, 5) is 11.9. The van der Waals surface area contributed by atoms with Gasteiger partial charge in [0, 0.05) is 19.1 Å². The summed E-state index contributed by atoms with van der Waals surface area (Å²) in [6.45, 7) is 3.30. The highest BCUT2D eigenvalue weighted by atomic mass is 79.9. The normalized spacial score (nSPS) is 23.1. The van der Waals surface area contributed by atoms with E-state index in [9.17, 15) is 9.18 Å². The summed E-state index contributed by atoms with van der Waals surface area (Å²) in [6, 6.07) is 4.43. The molecule has 98 valence electrons. The van der Waals surface area contributed by atoms with Gasteiger partial charge in [0.1, 0.15) is 5.82 Å². The van der Waals surface area contributed by atoms with Crippen LogP contribution in [0.25, 0.3) is 0 Å². The SMILES string of the molecule is CC1OCCC1CNC(=O)c1cccc(F)c1Br. The van der Waals surface area contributed by atoms with Crippen LogP contribution in [0.2, 0.25) is 0 Å². The standard InChI is InChI=1S/C13H15BrFNO2/c1-8-9(5-6-18-8)7-16-13(17)10-3-2-4-11(15)12(10)14/h2-4,8-9H,5-7H2,1H3,(H,16,17). The van der Waals surface area contributed by atoms with Gasteiger partial charge in [-0.05, 0) is 41.4 Å². The number of amides is 1. The van der Waals surface area contributed by atoms with Gasteiger partial charge >= 0.3 is 0 Å². The maximum atomic E-state index is 13.3. The average molecular weight is 316 g/mol. The van der Waals surface area contributed by atoms with Crippen molar-refractivity contribution < 1.29 is 13.9 Å². The third-order valence-corrected chi connectivity index (χ3v) is 4.06. The van der Waals surface area contributed by atoms with E-state index in [1.165, 1.54) is 12.1 Å². The van der Waals surface area contributed by atoms with Crippen molar-refractivity contribution in [2.24, 2.45) is 5.92 Å². The number of halogens is 2. The highest BCUT2D eigenvalue weighted by molar-refractivity contribution is 9.10. The second-order valence-corrected chi connectivity index (χ2v) is 5.23. The van der Waals surface area contributed by atoms with Crippen molar-refractivity contribution in [1.82, 2.24) is 5.32 Å². The van der Waals surface area contributed by atoms with E-state index in [2.05, 4.69) is 21.2 Å². The molecule has 0 spiro atoms. The Labute approximate surface area is 114 Å². The van der Waals surface area contributed by atoms with Crippen molar-refractivity contribution in [3.8, 4) is 0 Å². The van der Waals surface area contributed by atoms with Crippen molar-refractivity contribution in [1.29, 1.82) is 0 Å². The molecule has 1 N–H and O–H groups in total. The Balaban J connectivity index is 1.97. The summed E-state index contributed by atoms with van der Waals surface area (Å²) >= 11 is 3.09. The van der Waals surface area contributed by atoms with Gasteiger partial charge in [-0.25, -0.2) is 4.39 Å². The molecule has 0 aromatic heterocycles. The highest BCUT2D eigenvalue weighted by Crippen LogP contribution is 2.22. The number of hydrogen-bond acceptors (Lipinski definition) is 2. The molecule has 1 aliphatic rings. The van der Waals surface area contributed by atoms with Crippen molar-refractivity contribution in [2.45, 2.75) is 19.4 Å². The fraction of sp³-hybridized carbons (Fsp3) is 0.462. The molecule has 0 saturated carbocycles. The highest BCUT2D eigenvalue weighted by Gasteiger charge is 2.25. The Morgan fingerprint density at radius 3 is 3.06 bits per heavy atom. The van der Waals surface area contributed by atoms with Crippen LogP contribution in [0, 0.1) is 11.7 Å². The average Bonchev–Trinajstić information content (AvgIpc) is 2.75. The van der Waals surface area contributed by atoms with Gasteiger partial charge in [0.05, 0.1) is 16.1 Å². The lowest BCUT2D eigenvalue weighted by atomic mass is 10.0. The van der Waals surface area contributed by atoms with E-state index in [0.717, 1.165) is 13.0 Å². The lowest BCUT2D eigenvalue weighted by molar-refractivity contribution is 0.0906. The van der Waals surface area contributed by atoms with Crippen molar-refractivity contribution in [3.05, 3.63) is 34.1 Å². The van der Waals surface area contributed by atoms with Crippen LogP contribution < -0.4 is 5.32 Å². The van der Waals surface area contributed by atoms with Crippen LogP contribution in [0.1, 0.15) is 23.7 Å². The Hall–Kier alpha value is -0.940. The van der Waals surface area contributed by atoms with E-state index in [1.807, 2.05) is 6.92 Å². The summed E-state index contributed by atoms with van der Waals surface area (Å²) in [5.74, 6) is -0.359. The van der Waals surface area contributed by atoms with Gasteiger partial charge in [0.25, 0.3) is 5.91 Å². The predicted octanol–water partition coefficient (Wildman–Crippen LogP) is 2.74. The van der Waals surface area contributed by atoms with Gasteiger partial charge in [-0.2, -0.15) is 0 Å². The molecule has 3 nitrogen and oxygen atoms in total. The van der Waals surface area contributed by atoms with Crippen molar-refractivity contribution >= 4 is 21.8 Å². The minimum absolute atomic E-state index is 0.168. The number of benzene rings is 1. The topological polar surface area (TPSA) is 38.3 Å². The third kappa shape index (κ3) is 2.90. The van der Waals surface area contributed by atoms with Gasteiger partial charge < -0.3 is 10.1 Å². The fourth-order valence-electron chi connectivity index (χ4n) is 2.04. The molecular formula is C13H15BrFNO2. The van der Waals surface area contributed by atoms with Crippen LogP contribution in [0.5, 0.6) is 0 Å². The summed E-state index contributed by atoms with van der Waals surface area (Å²) in [7, 11) is 0. The zero-order valence-electron chi connectivity index (χ0n) is 10.1. The van der Waals surface area contributed by atoms with E-state index < -0.39 is 5.82 Å². The van der Waals surface area contributed by atoms with E-state index in [4.69, 9.17) is 4.74 Å². The van der Waals surface area contributed by atoms with Crippen LogP contribution in [0.3, 0.4) is 0 Å². The number of nitrogens with one attached hydrogen (secondary N) is 1. The second-order valence-electron chi connectivity index (χ2n) is 4.44. The smallest absolute Gasteiger partial charge is 0.252 e. The van der Waals surface area contributed by atoms with Gasteiger partial charge in [-0.15, -0.1) is 0 Å². The van der Waals surface area contributed by atoms with Crippen LogP contribution in [0.4, 0.5) is 4.39 Å². The molecule has 0 aliphatic carbocycles. The molecule has 1 amide bonds. The molecule has 1 aromatic rings. The molecular weight excluding hydrogens is 301 g/mol. The molecule has 18 heavy (non-hydrogen) atoms. The zero-order chi connectivity index (χ0) is 13.1. The minimum atomic E-state index is -0.430. The molecule has 1 saturated heterocycles. The molecule has 1 heterocycles. The van der Waals surface area contributed by atoms with E-state index >= 15 is 0 Å². The molecule has 1 aliphatic heterocycles. The van der Waals surface area contributed by atoms with E-state index in [-0.39, 0.29) is 16.5 Å². The Kier molecular flexibility index (Phi) is 4.35. The molecule has 0 bridgehead atoms. The first kappa shape index (κ1) is 13.5. The van der Waals surface area contributed by atoms with Crippen LogP contribution in [0.15, 0.2) is 22.7 Å². The van der Waals surface area contributed by atoms with Crippen molar-refractivity contribution in [3.63, 3.8) is 0 Å². The van der Waals surface area contributed by atoms with Crippen LogP contribution in [-0.4, -0.2) is 25.2 Å². The van der Waals surface area contributed by atoms with E-state index in [1.54, 1.807) is 6.07 Å². The largest absolute Gasteiger partial charge is 0.378 e. The second kappa shape index (κ2) is 5.80. The number of rotatable bonds is 3. The van der Waals surface area contributed by atoms with Gasteiger partial charge in [-0.3, -0.25) is 4.79 Å². The fourth-order valence-corrected chi connectivity index (χ4v) is 2.49. The lowest BCUT2D eigenvalue weighted by Crippen LogP contribution is -2.32. The first-order valence-corrected chi connectivity index (χ1v) is 6.72. The van der Waals surface area contributed by atoms with Gasteiger partial charge in [0.15, 0.2) is 0 Å². The summed E-state index contributed by atoms with van der Waals surface area (Å²) in [6.07, 6.45) is 1.12. The first-order valence-electron chi connectivity index (χ1n) is 5.93. The number of carbonyl (C=O) groups is 1. The molecule has 1 aromatic carbocycles. The van der Waals surface area contributed by atoms with Gasteiger partial charge in [0.2, 0.25) is 0 Å². The predicted molar refractivity (Wildman–Crippen MR) is 70.0 cm³/mol. The van der Waals surface area contributed by atoms with Crippen LogP contribution >= 0.6 is 15.9 Å². The van der Waals surface area contributed by atoms with Crippen molar-refractivity contribution in [2.75, 3.05) is 13.2 Å². The summed E-state index contributed by atoms with van der Waals surface area (Å²) < 4.78 is 18.9. The monoisotopic (exact) mass is 315 g/mol. The molecule has 5 heteroatoms. The molecule has 0 radical (unpaired) electrons. The lowest BCUT2D eigenvalue weighted by Gasteiger charge is -2.15. The molecule has 2 unspecified atom stereocenters. The number of hydrogen-bond donors (Lipinski definition) is 1. The van der Waals surface area contributed by atoms with E-state index in [0.29, 0.717) is 18.0 Å². The maximum absolute atomic E-state index is 13.3. The maximum Gasteiger partial charge on any atom is 0.252 e. The number of ether oxygens (including phenoxy) is 1. The molecule has 2 atom stereocenters. The minimum Gasteiger partial charge on any atom is -0.378 e. The molecule has 2 rings (SSSR count). The molecule has 1 fully saturated rings. The Morgan fingerprint density at radius 2 is 2.39 bits per heavy atom. The Bertz CT molecular complexity index is 453. The third-order valence-electron chi connectivity index (χ3n) is 3.25. The first-order chi connectivity index (χ1) is 8.59. The quantitative estimate of drug-likeness (QED) is 0.931. The van der Waals surface area contributed by atoms with Crippen LogP contribution in [-0.2, 0) is 4.74 Å². The zero-order valence-corrected chi connectivity index (χ0v) is 11.7. The Morgan fingerprint density at radius 1 is 1.61 bits per heavy atom. The number of carbonyl (C=O) groups excluding carboxylic acids is 1. The summed E-state index contributed by atoms with van der Waals surface area (Å²) in [5, 5.41) is 2.82.